The Morgan fingerprint density at radius 2 is 1.59 bits per heavy atom. The van der Waals surface area contributed by atoms with Gasteiger partial charge in [0.05, 0.1) is 17.4 Å². The van der Waals surface area contributed by atoms with E-state index in [0.29, 0.717) is 5.92 Å². The molecule has 0 fully saturated rings. The van der Waals surface area contributed by atoms with E-state index in [4.69, 9.17) is 0 Å². The molecule has 2 aromatic carbocycles. The monoisotopic (exact) mass is 402 g/mol. The molecule has 0 atom stereocenters. The van der Waals surface area contributed by atoms with Crippen molar-refractivity contribution in [2.45, 2.75) is 40.5 Å². The Labute approximate surface area is 175 Å². The number of aryl methyl sites for hydroxylation is 1. The van der Waals surface area contributed by atoms with E-state index in [9.17, 15) is 0 Å². The Kier molecular flexibility index (Phi) is 5.24. The molecule has 0 aliphatic rings. The van der Waals surface area contributed by atoms with Crippen LogP contribution in [0.4, 0.5) is 0 Å². The van der Waals surface area contributed by atoms with Gasteiger partial charge in [0.2, 0.25) is 0 Å². The average Bonchev–Trinajstić information content (AvgIpc) is 3.43. The highest BCUT2D eigenvalue weighted by Gasteiger charge is 2.11. The van der Waals surface area contributed by atoms with Crippen LogP contribution in [0.1, 0.15) is 45.3 Å². The summed E-state index contributed by atoms with van der Waals surface area (Å²) in [5, 5.41) is 1.25. The summed E-state index contributed by atoms with van der Waals surface area (Å²) in [5.41, 5.74) is 5.81. The van der Waals surface area contributed by atoms with Crippen LogP contribution in [0.2, 0.25) is 0 Å². The third-order valence-electron chi connectivity index (χ3n) is 4.92. The first-order chi connectivity index (χ1) is 14.1. The Balaban J connectivity index is 0.000000994. The van der Waals surface area contributed by atoms with Crippen LogP contribution in [0.3, 0.4) is 0 Å². The minimum Gasteiger partial charge on any atom is -0.342 e. The molecule has 0 radical (unpaired) electrons. The highest BCUT2D eigenvalue weighted by Crippen LogP contribution is 2.35. The van der Waals surface area contributed by atoms with Gasteiger partial charge in [-0.1, -0.05) is 64.1 Å². The van der Waals surface area contributed by atoms with Crippen molar-refractivity contribution in [1.82, 2.24) is 19.9 Å². The summed E-state index contributed by atoms with van der Waals surface area (Å²) in [4.78, 5) is 16.9. The second kappa shape index (κ2) is 7.84. The Morgan fingerprint density at radius 1 is 0.897 bits per heavy atom. The number of rotatable bonds is 3. The van der Waals surface area contributed by atoms with Crippen molar-refractivity contribution < 1.29 is 0 Å². The Bertz CT molecular complexity index is 1260. The first-order valence-corrected chi connectivity index (χ1v) is 10.9. The molecule has 0 bridgehead atoms. The largest absolute Gasteiger partial charge is 0.342 e. The van der Waals surface area contributed by atoms with Gasteiger partial charge in [-0.15, -0.1) is 11.3 Å². The fourth-order valence-corrected chi connectivity index (χ4v) is 4.56. The lowest BCUT2D eigenvalue weighted by Crippen LogP contribution is -1.89. The summed E-state index contributed by atoms with van der Waals surface area (Å²) in [6, 6.07) is 15.3. The minimum absolute atomic E-state index is 0.403. The van der Waals surface area contributed by atoms with Crippen LogP contribution in [0.25, 0.3) is 42.8 Å². The van der Waals surface area contributed by atoms with Gasteiger partial charge in [0.25, 0.3) is 0 Å². The van der Waals surface area contributed by atoms with Crippen molar-refractivity contribution in [3.8, 4) is 22.4 Å². The number of aromatic nitrogens is 4. The molecule has 0 amide bonds. The molecule has 4 nitrogen and oxygen atoms in total. The molecular weight excluding hydrogens is 376 g/mol. The number of imidazole rings is 2. The van der Waals surface area contributed by atoms with Crippen LogP contribution < -0.4 is 0 Å². The van der Waals surface area contributed by atoms with E-state index in [1.807, 2.05) is 27.0 Å². The van der Waals surface area contributed by atoms with Crippen LogP contribution in [0.5, 0.6) is 0 Å². The van der Waals surface area contributed by atoms with Gasteiger partial charge >= 0.3 is 0 Å². The highest BCUT2D eigenvalue weighted by atomic mass is 32.1. The number of thiophene rings is 1. The Morgan fingerprint density at radius 3 is 2.28 bits per heavy atom. The van der Waals surface area contributed by atoms with Crippen LogP contribution in [-0.4, -0.2) is 19.9 Å². The number of H-pyrrole nitrogens is 2. The maximum Gasteiger partial charge on any atom is 0.142 e. The van der Waals surface area contributed by atoms with E-state index in [-0.39, 0.29) is 0 Å². The van der Waals surface area contributed by atoms with Gasteiger partial charge in [-0.25, -0.2) is 9.97 Å². The molecule has 5 rings (SSSR count). The standard InChI is InChI=1S/C22H20N4S.C2H6/c1-12(2)21-23-11-18(26-21)15-6-4-14(5-7-15)16-8-9-17-19(10-16)27-22-20(17)24-13(3)25-22;1-2/h4-12H,1-3H3,(H,23,26)(H,24,25);1-2H3. The number of aromatic amines is 2. The second-order valence-electron chi connectivity index (χ2n) is 7.23. The number of nitrogens with zero attached hydrogens (tertiary/aromatic N) is 2. The quantitative estimate of drug-likeness (QED) is 0.333. The first-order valence-electron chi connectivity index (χ1n) is 10.1. The zero-order valence-electron chi connectivity index (χ0n) is 17.5. The van der Waals surface area contributed by atoms with E-state index >= 15 is 0 Å². The number of benzene rings is 2. The van der Waals surface area contributed by atoms with Gasteiger partial charge in [0.1, 0.15) is 16.5 Å². The van der Waals surface area contributed by atoms with Crippen LogP contribution in [0, 0.1) is 6.92 Å². The lowest BCUT2D eigenvalue weighted by molar-refractivity contribution is 0.795. The molecule has 5 heteroatoms. The smallest absolute Gasteiger partial charge is 0.142 e. The van der Waals surface area contributed by atoms with E-state index in [1.54, 1.807) is 11.3 Å². The van der Waals surface area contributed by atoms with E-state index < -0.39 is 0 Å². The molecular formula is C24H26N4S. The molecule has 5 aromatic rings. The van der Waals surface area contributed by atoms with Gasteiger partial charge in [0.15, 0.2) is 0 Å². The summed E-state index contributed by atoms with van der Waals surface area (Å²) in [6.07, 6.45) is 1.92. The molecule has 0 saturated carbocycles. The van der Waals surface area contributed by atoms with E-state index in [1.165, 1.54) is 21.2 Å². The SMILES string of the molecule is CC.Cc1nc2sc3cc(-c4ccc(-c5cnc(C(C)C)[nH]5)cc4)ccc3c2[nH]1. The summed E-state index contributed by atoms with van der Waals surface area (Å²) in [6.45, 7) is 10.3. The third-order valence-corrected chi connectivity index (χ3v) is 5.96. The fraction of sp³-hybridized carbons (Fsp3) is 0.250. The molecule has 3 heterocycles. The predicted molar refractivity (Wildman–Crippen MR) is 125 cm³/mol. The Hall–Kier alpha value is -2.92. The maximum atomic E-state index is 4.57. The molecule has 29 heavy (non-hydrogen) atoms. The van der Waals surface area contributed by atoms with Crippen molar-refractivity contribution in [1.29, 1.82) is 0 Å². The van der Waals surface area contributed by atoms with Crippen molar-refractivity contribution in [2.75, 3.05) is 0 Å². The van der Waals surface area contributed by atoms with E-state index in [0.717, 1.165) is 33.3 Å². The zero-order valence-corrected chi connectivity index (χ0v) is 18.3. The van der Waals surface area contributed by atoms with E-state index in [2.05, 4.69) is 76.2 Å². The predicted octanol–water partition coefficient (Wildman–Crippen LogP) is 7.29. The maximum absolute atomic E-state index is 4.57. The molecule has 0 aliphatic carbocycles. The van der Waals surface area contributed by atoms with Gasteiger partial charge < -0.3 is 9.97 Å². The summed E-state index contributed by atoms with van der Waals surface area (Å²) < 4.78 is 1.26. The lowest BCUT2D eigenvalue weighted by Gasteiger charge is -2.04. The van der Waals surface area contributed by atoms with Crippen molar-refractivity contribution in [3.05, 3.63) is 60.3 Å². The van der Waals surface area contributed by atoms with Gasteiger partial charge in [-0.2, -0.15) is 0 Å². The number of hydrogen-bond acceptors (Lipinski definition) is 3. The topological polar surface area (TPSA) is 57.4 Å². The van der Waals surface area contributed by atoms with Crippen LogP contribution in [-0.2, 0) is 0 Å². The van der Waals surface area contributed by atoms with Gasteiger partial charge in [-0.05, 0) is 29.7 Å². The first kappa shape index (κ1) is 19.4. The molecule has 3 aromatic heterocycles. The summed E-state index contributed by atoms with van der Waals surface area (Å²) in [5.74, 6) is 2.40. The van der Waals surface area contributed by atoms with Gasteiger partial charge in [-0.3, -0.25) is 0 Å². The molecule has 0 unspecified atom stereocenters. The van der Waals surface area contributed by atoms with Crippen molar-refractivity contribution in [2.24, 2.45) is 0 Å². The number of fused-ring (bicyclic) bond motifs is 3. The van der Waals surface area contributed by atoms with Gasteiger partial charge in [0, 0.05) is 16.0 Å². The van der Waals surface area contributed by atoms with Crippen molar-refractivity contribution in [3.63, 3.8) is 0 Å². The average molecular weight is 403 g/mol. The lowest BCUT2D eigenvalue weighted by atomic mass is 10.0. The number of nitrogens with one attached hydrogen (secondary N) is 2. The second-order valence-corrected chi connectivity index (χ2v) is 8.26. The molecule has 2 N–H and O–H groups in total. The highest BCUT2D eigenvalue weighted by molar-refractivity contribution is 7.25. The van der Waals surface area contributed by atoms with Crippen LogP contribution in [0.15, 0.2) is 48.7 Å². The number of hydrogen-bond donors (Lipinski definition) is 2. The molecule has 148 valence electrons. The summed E-state index contributed by atoms with van der Waals surface area (Å²) >= 11 is 1.74. The fourth-order valence-electron chi connectivity index (χ4n) is 3.44. The zero-order chi connectivity index (χ0) is 20.5. The van der Waals surface area contributed by atoms with Crippen molar-refractivity contribution >= 4 is 31.8 Å². The van der Waals surface area contributed by atoms with Crippen LogP contribution >= 0.6 is 11.3 Å². The minimum atomic E-state index is 0.403. The molecule has 0 saturated heterocycles. The molecule has 0 spiro atoms. The molecule has 0 aliphatic heterocycles. The summed E-state index contributed by atoms with van der Waals surface area (Å²) in [7, 11) is 0. The third kappa shape index (κ3) is 3.58. The normalized spacial score (nSPS) is 11.2.